The Kier molecular flexibility index (Phi) is 17.5. The maximum atomic E-state index is 11.2. The van der Waals surface area contributed by atoms with Gasteiger partial charge in [0.15, 0.2) is 0 Å². The summed E-state index contributed by atoms with van der Waals surface area (Å²) in [6.07, 6.45) is 10.3. The quantitative estimate of drug-likeness (QED) is 0.608. The van der Waals surface area contributed by atoms with E-state index in [9.17, 15) is 4.79 Å². The summed E-state index contributed by atoms with van der Waals surface area (Å²) in [6, 6.07) is -0.203. The molecule has 0 spiro atoms. The standard InChI is InChI=1S/C12H25NO.C3H8/c1-3-5-6-7-8-9-10-11(13)12(14)4-2;1-3-2/h11H,3-10,13H2,1-2H3;3H2,1-2H3. The molecule has 2 nitrogen and oxygen atoms in total. The van der Waals surface area contributed by atoms with Gasteiger partial charge in [0.05, 0.1) is 6.04 Å². The predicted molar refractivity (Wildman–Crippen MR) is 77.2 cm³/mol. The molecular weight excluding hydrogens is 210 g/mol. The van der Waals surface area contributed by atoms with Crippen molar-refractivity contribution in [3.63, 3.8) is 0 Å². The fourth-order valence-corrected chi connectivity index (χ4v) is 1.57. The second-order valence-corrected chi connectivity index (χ2v) is 4.69. The van der Waals surface area contributed by atoms with Gasteiger partial charge in [-0.25, -0.2) is 0 Å². The lowest BCUT2D eigenvalue weighted by atomic mass is 10.0. The average Bonchev–Trinajstić information content (AvgIpc) is 2.33. The summed E-state index contributed by atoms with van der Waals surface area (Å²) < 4.78 is 0. The molecule has 0 saturated carbocycles. The fourth-order valence-electron chi connectivity index (χ4n) is 1.57. The van der Waals surface area contributed by atoms with E-state index in [1.165, 1.54) is 38.5 Å². The van der Waals surface area contributed by atoms with Crippen molar-refractivity contribution in [1.82, 2.24) is 0 Å². The number of ketones is 1. The second kappa shape index (κ2) is 15.6. The third-order valence-electron chi connectivity index (χ3n) is 2.63. The lowest BCUT2D eigenvalue weighted by Crippen LogP contribution is -2.29. The van der Waals surface area contributed by atoms with Gasteiger partial charge in [0, 0.05) is 6.42 Å². The van der Waals surface area contributed by atoms with Crippen molar-refractivity contribution in [1.29, 1.82) is 0 Å². The lowest BCUT2D eigenvalue weighted by Gasteiger charge is -2.08. The van der Waals surface area contributed by atoms with Gasteiger partial charge in [-0.2, -0.15) is 0 Å². The number of hydrogen-bond acceptors (Lipinski definition) is 2. The van der Waals surface area contributed by atoms with Crippen LogP contribution in [0.5, 0.6) is 0 Å². The molecule has 0 aliphatic heterocycles. The van der Waals surface area contributed by atoms with Crippen molar-refractivity contribution in [3.05, 3.63) is 0 Å². The molecule has 17 heavy (non-hydrogen) atoms. The molecular formula is C15H33NO. The highest BCUT2D eigenvalue weighted by Gasteiger charge is 2.09. The van der Waals surface area contributed by atoms with E-state index in [4.69, 9.17) is 5.73 Å². The van der Waals surface area contributed by atoms with Crippen LogP contribution in [0.2, 0.25) is 0 Å². The first-order valence-corrected chi connectivity index (χ1v) is 7.42. The minimum atomic E-state index is -0.203. The molecule has 0 heterocycles. The van der Waals surface area contributed by atoms with Crippen LogP contribution >= 0.6 is 0 Å². The predicted octanol–water partition coefficient (Wildman–Crippen LogP) is 4.46. The molecule has 104 valence electrons. The number of carbonyl (C=O) groups is 1. The van der Waals surface area contributed by atoms with Crippen LogP contribution in [-0.4, -0.2) is 11.8 Å². The fraction of sp³-hybridized carbons (Fsp3) is 0.933. The maximum Gasteiger partial charge on any atom is 0.149 e. The van der Waals surface area contributed by atoms with Crippen LogP contribution in [0, 0.1) is 0 Å². The summed E-state index contributed by atoms with van der Waals surface area (Å²) in [7, 11) is 0. The third-order valence-corrected chi connectivity index (χ3v) is 2.63. The van der Waals surface area contributed by atoms with Crippen LogP contribution in [0.1, 0.15) is 85.5 Å². The largest absolute Gasteiger partial charge is 0.322 e. The summed E-state index contributed by atoms with van der Waals surface area (Å²) in [5.74, 6) is 0.207. The molecule has 1 atom stereocenters. The Labute approximate surface area is 108 Å². The summed E-state index contributed by atoms with van der Waals surface area (Å²) >= 11 is 0. The SMILES string of the molecule is CCC.CCCCCCCCC(N)C(=O)CC. The van der Waals surface area contributed by atoms with Crippen LogP contribution < -0.4 is 5.73 Å². The normalized spacial score (nSPS) is 11.6. The van der Waals surface area contributed by atoms with E-state index in [1.54, 1.807) is 0 Å². The highest BCUT2D eigenvalue weighted by molar-refractivity contribution is 5.83. The van der Waals surface area contributed by atoms with Gasteiger partial charge in [0.1, 0.15) is 5.78 Å². The van der Waals surface area contributed by atoms with Crippen LogP contribution in [0.15, 0.2) is 0 Å². The van der Waals surface area contributed by atoms with E-state index in [0.717, 1.165) is 12.8 Å². The highest BCUT2D eigenvalue weighted by Crippen LogP contribution is 2.08. The molecule has 0 saturated heterocycles. The summed E-state index contributed by atoms with van der Waals surface area (Å²) in [5, 5.41) is 0. The zero-order valence-electron chi connectivity index (χ0n) is 12.4. The first kappa shape index (κ1) is 19.0. The number of carbonyl (C=O) groups excluding carboxylic acids is 1. The van der Waals surface area contributed by atoms with E-state index in [1.807, 2.05) is 6.92 Å². The number of unbranched alkanes of at least 4 members (excludes halogenated alkanes) is 5. The molecule has 0 aromatic carbocycles. The van der Waals surface area contributed by atoms with Crippen molar-refractivity contribution in [2.24, 2.45) is 5.73 Å². The van der Waals surface area contributed by atoms with Crippen molar-refractivity contribution < 1.29 is 4.79 Å². The minimum absolute atomic E-state index is 0.203. The average molecular weight is 243 g/mol. The van der Waals surface area contributed by atoms with E-state index in [2.05, 4.69) is 20.8 Å². The Hall–Kier alpha value is -0.370. The van der Waals surface area contributed by atoms with Gasteiger partial charge in [-0.15, -0.1) is 0 Å². The van der Waals surface area contributed by atoms with E-state index >= 15 is 0 Å². The summed E-state index contributed by atoms with van der Waals surface area (Å²) in [5.41, 5.74) is 5.72. The Morgan fingerprint density at radius 2 is 1.41 bits per heavy atom. The molecule has 2 heteroatoms. The monoisotopic (exact) mass is 243 g/mol. The lowest BCUT2D eigenvalue weighted by molar-refractivity contribution is -0.120. The topological polar surface area (TPSA) is 43.1 Å². The minimum Gasteiger partial charge on any atom is -0.322 e. The Morgan fingerprint density at radius 1 is 0.941 bits per heavy atom. The molecule has 0 aliphatic rings. The van der Waals surface area contributed by atoms with Gasteiger partial charge < -0.3 is 5.73 Å². The molecule has 0 aromatic heterocycles. The van der Waals surface area contributed by atoms with Crippen molar-refractivity contribution >= 4 is 5.78 Å². The first-order valence-electron chi connectivity index (χ1n) is 7.42. The maximum absolute atomic E-state index is 11.2. The highest BCUT2D eigenvalue weighted by atomic mass is 16.1. The van der Waals surface area contributed by atoms with Crippen molar-refractivity contribution in [3.8, 4) is 0 Å². The number of nitrogens with two attached hydrogens (primary N) is 1. The number of hydrogen-bond donors (Lipinski definition) is 1. The molecule has 0 amide bonds. The molecule has 0 aliphatic carbocycles. The zero-order chi connectivity index (χ0) is 13.5. The van der Waals surface area contributed by atoms with Gasteiger partial charge in [0.25, 0.3) is 0 Å². The Bertz CT molecular complexity index is 157. The number of Topliss-reactive ketones (excluding diaryl/α,β-unsaturated/α-hetero) is 1. The Balaban J connectivity index is 0. The summed E-state index contributed by atoms with van der Waals surface area (Å²) in [4.78, 5) is 11.2. The van der Waals surface area contributed by atoms with Crippen LogP contribution in [0.4, 0.5) is 0 Å². The van der Waals surface area contributed by atoms with Crippen molar-refractivity contribution in [2.75, 3.05) is 0 Å². The molecule has 0 bridgehead atoms. The zero-order valence-corrected chi connectivity index (χ0v) is 12.4. The molecule has 1 unspecified atom stereocenters. The first-order chi connectivity index (χ1) is 8.13. The van der Waals surface area contributed by atoms with E-state index in [-0.39, 0.29) is 11.8 Å². The summed E-state index contributed by atoms with van der Waals surface area (Å²) in [6.45, 7) is 8.35. The molecule has 2 N–H and O–H groups in total. The van der Waals surface area contributed by atoms with E-state index in [0.29, 0.717) is 6.42 Å². The molecule has 0 rings (SSSR count). The number of rotatable bonds is 9. The van der Waals surface area contributed by atoms with Gasteiger partial charge in [-0.1, -0.05) is 72.6 Å². The van der Waals surface area contributed by atoms with Gasteiger partial charge in [0.2, 0.25) is 0 Å². The van der Waals surface area contributed by atoms with Gasteiger partial charge in [-0.05, 0) is 6.42 Å². The second-order valence-electron chi connectivity index (χ2n) is 4.69. The smallest absolute Gasteiger partial charge is 0.149 e. The van der Waals surface area contributed by atoms with Crippen LogP contribution in [0.3, 0.4) is 0 Å². The van der Waals surface area contributed by atoms with E-state index < -0.39 is 0 Å². The third kappa shape index (κ3) is 15.6. The van der Waals surface area contributed by atoms with Crippen LogP contribution in [-0.2, 0) is 4.79 Å². The van der Waals surface area contributed by atoms with Crippen LogP contribution in [0.25, 0.3) is 0 Å². The molecule has 0 aromatic rings. The molecule has 0 radical (unpaired) electrons. The molecule has 0 fully saturated rings. The van der Waals surface area contributed by atoms with Gasteiger partial charge in [-0.3, -0.25) is 4.79 Å². The van der Waals surface area contributed by atoms with Crippen molar-refractivity contribution in [2.45, 2.75) is 91.5 Å². The Morgan fingerprint density at radius 3 is 1.88 bits per heavy atom. The van der Waals surface area contributed by atoms with Gasteiger partial charge >= 0.3 is 0 Å².